The van der Waals surface area contributed by atoms with Gasteiger partial charge in [0, 0.05) is 12.1 Å². The van der Waals surface area contributed by atoms with E-state index in [1.165, 1.54) is 0 Å². The van der Waals surface area contributed by atoms with Crippen LogP contribution in [0.15, 0.2) is 0 Å². The minimum absolute atomic E-state index is 0.0884. The number of nitrogens with one attached hydrogen (secondary N) is 2. The van der Waals surface area contributed by atoms with Gasteiger partial charge in [-0.3, -0.25) is 0 Å². The van der Waals surface area contributed by atoms with Crippen molar-refractivity contribution < 1.29 is 8.42 Å². The summed E-state index contributed by atoms with van der Waals surface area (Å²) in [4.78, 5) is 0. The van der Waals surface area contributed by atoms with Crippen molar-refractivity contribution in [2.75, 3.05) is 6.54 Å². The van der Waals surface area contributed by atoms with Crippen molar-refractivity contribution in [2.24, 2.45) is 0 Å². The van der Waals surface area contributed by atoms with Gasteiger partial charge in [0.05, 0.1) is 4.75 Å². The molecule has 2 N–H and O–H groups in total. The molecule has 1 fully saturated rings. The van der Waals surface area contributed by atoms with Crippen LogP contribution in [0.25, 0.3) is 0 Å². The topological polar surface area (TPSA) is 58.2 Å². The lowest BCUT2D eigenvalue weighted by Gasteiger charge is -2.31. The van der Waals surface area contributed by atoms with Gasteiger partial charge in [0.2, 0.25) is 10.0 Å². The van der Waals surface area contributed by atoms with Crippen LogP contribution in [-0.2, 0) is 10.0 Å². The normalized spacial score (nSPS) is 29.1. The quantitative estimate of drug-likeness (QED) is 0.744. The van der Waals surface area contributed by atoms with Gasteiger partial charge in [0.25, 0.3) is 0 Å². The number of hydrogen-bond acceptors (Lipinski definition) is 3. The molecule has 0 amide bonds. The molecule has 0 spiro atoms. The van der Waals surface area contributed by atoms with E-state index in [4.69, 9.17) is 0 Å². The summed E-state index contributed by atoms with van der Waals surface area (Å²) in [6.07, 6.45) is 1.75. The molecule has 4 nitrogen and oxygen atoms in total. The number of piperidine rings is 1. The zero-order chi connectivity index (χ0) is 11.7. The summed E-state index contributed by atoms with van der Waals surface area (Å²) in [5, 5.41) is 3.30. The second-order valence-electron chi connectivity index (χ2n) is 5.31. The summed E-state index contributed by atoms with van der Waals surface area (Å²) in [6, 6.07) is 0.483. The maximum absolute atomic E-state index is 11.9. The summed E-state index contributed by atoms with van der Waals surface area (Å²) in [5.74, 6) is 0. The minimum Gasteiger partial charge on any atom is -0.314 e. The van der Waals surface area contributed by atoms with Crippen molar-refractivity contribution in [3.05, 3.63) is 0 Å². The van der Waals surface area contributed by atoms with Crippen LogP contribution >= 0.6 is 0 Å². The highest BCUT2D eigenvalue weighted by Crippen LogP contribution is 2.17. The van der Waals surface area contributed by atoms with E-state index >= 15 is 0 Å². The van der Waals surface area contributed by atoms with E-state index in [9.17, 15) is 8.42 Å². The highest BCUT2D eigenvalue weighted by atomic mass is 32.2. The Bertz CT molecular complexity index is 306. The van der Waals surface area contributed by atoms with Crippen LogP contribution in [0.5, 0.6) is 0 Å². The molecule has 1 aliphatic rings. The fourth-order valence-electron chi connectivity index (χ4n) is 1.64. The van der Waals surface area contributed by atoms with Gasteiger partial charge in [-0.05, 0) is 47.1 Å². The summed E-state index contributed by atoms with van der Waals surface area (Å²) in [7, 11) is -3.20. The van der Waals surface area contributed by atoms with E-state index < -0.39 is 14.8 Å². The van der Waals surface area contributed by atoms with E-state index in [1.54, 1.807) is 20.8 Å². The van der Waals surface area contributed by atoms with Gasteiger partial charge in [0.15, 0.2) is 0 Å². The average molecular weight is 234 g/mol. The van der Waals surface area contributed by atoms with Crippen LogP contribution in [0.1, 0.15) is 40.5 Å². The van der Waals surface area contributed by atoms with Crippen LogP contribution in [-0.4, -0.2) is 31.8 Å². The Morgan fingerprint density at radius 2 is 1.93 bits per heavy atom. The van der Waals surface area contributed by atoms with E-state index in [0.717, 1.165) is 19.4 Å². The summed E-state index contributed by atoms with van der Waals surface area (Å²) < 4.78 is 25.9. The molecule has 2 unspecified atom stereocenters. The van der Waals surface area contributed by atoms with E-state index in [2.05, 4.69) is 17.0 Å². The first-order valence-corrected chi connectivity index (χ1v) is 6.96. The van der Waals surface area contributed by atoms with Crippen molar-refractivity contribution in [3.63, 3.8) is 0 Å². The third-order valence-corrected chi connectivity index (χ3v) is 5.01. The Morgan fingerprint density at radius 3 is 2.40 bits per heavy atom. The van der Waals surface area contributed by atoms with Gasteiger partial charge in [-0.15, -0.1) is 0 Å². The van der Waals surface area contributed by atoms with E-state index in [1.807, 2.05) is 0 Å². The molecule has 90 valence electrons. The molecule has 0 aromatic rings. The third kappa shape index (κ3) is 3.43. The predicted molar refractivity (Wildman–Crippen MR) is 62.3 cm³/mol. The number of sulfonamides is 1. The molecule has 0 aliphatic carbocycles. The molecule has 2 atom stereocenters. The molecule has 1 rings (SSSR count). The van der Waals surface area contributed by atoms with Gasteiger partial charge in [-0.2, -0.15) is 0 Å². The van der Waals surface area contributed by atoms with Crippen molar-refractivity contribution in [1.82, 2.24) is 10.0 Å². The molecular formula is C10H22N2O2S. The van der Waals surface area contributed by atoms with Gasteiger partial charge < -0.3 is 5.32 Å². The molecule has 0 saturated carbocycles. The molecule has 0 aromatic carbocycles. The summed E-state index contributed by atoms with van der Waals surface area (Å²) in [5.41, 5.74) is 0. The maximum Gasteiger partial charge on any atom is 0.216 e. The Kier molecular flexibility index (Phi) is 3.79. The molecule has 0 radical (unpaired) electrons. The number of hydrogen-bond donors (Lipinski definition) is 2. The average Bonchev–Trinajstić information content (AvgIpc) is 2.00. The van der Waals surface area contributed by atoms with Gasteiger partial charge in [-0.25, -0.2) is 13.1 Å². The second kappa shape index (κ2) is 4.39. The van der Waals surface area contributed by atoms with Crippen molar-refractivity contribution >= 4 is 10.0 Å². The van der Waals surface area contributed by atoms with Gasteiger partial charge in [-0.1, -0.05) is 0 Å². The Hall–Kier alpha value is -0.130. The molecular weight excluding hydrogens is 212 g/mol. The largest absolute Gasteiger partial charge is 0.314 e. The van der Waals surface area contributed by atoms with E-state index in [-0.39, 0.29) is 6.04 Å². The van der Waals surface area contributed by atoms with Crippen molar-refractivity contribution in [3.8, 4) is 0 Å². The molecule has 15 heavy (non-hydrogen) atoms. The summed E-state index contributed by atoms with van der Waals surface area (Å²) >= 11 is 0. The smallest absolute Gasteiger partial charge is 0.216 e. The predicted octanol–water partition coefficient (Wildman–Crippen LogP) is 0.845. The molecule has 5 heteroatoms. The zero-order valence-corrected chi connectivity index (χ0v) is 10.8. The van der Waals surface area contributed by atoms with Gasteiger partial charge >= 0.3 is 0 Å². The van der Waals surface area contributed by atoms with Crippen LogP contribution in [0.2, 0.25) is 0 Å². The second-order valence-corrected chi connectivity index (χ2v) is 7.78. The lowest BCUT2D eigenvalue weighted by atomic mass is 10.0. The third-order valence-electron chi connectivity index (χ3n) is 2.75. The first-order valence-electron chi connectivity index (χ1n) is 5.47. The van der Waals surface area contributed by atoms with Crippen LogP contribution in [0, 0.1) is 0 Å². The molecule has 0 bridgehead atoms. The fourth-order valence-corrected chi connectivity index (χ4v) is 2.64. The highest BCUT2D eigenvalue weighted by molar-refractivity contribution is 7.90. The van der Waals surface area contributed by atoms with Crippen molar-refractivity contribution in [1.29, 1.82) is 0 Å². The fraction of sp³-hybridized carbons (Fsp3) is 1.00. The number of rotatable bonds is 2. The Morgan fingerprint density at radius 1 is 1.33 bits per heavy atom. The minimum atomic E-state index is -3.20. The first-order chi connectivity index (χ1) is 6.72. The summed E-state index contributed by atoms with van der Waals surface area (Å²) in [6.45, 7) is 8.13. The van der Waals surface area contributed by atoms with Crippen molar-refractivity contribution in [2.45, 2.75) is 57.4 Å². The molecule has 1 heterocycles. The Balaban J connectivity index is 2.62. The monoisotopic (exact) mass is 234 g/mol. The van der Waals surface area contributed by atoms with E-state index in [0.29, 0.717) is 6.04 Å². The van der Waals surface area contributed by atoms with Gasteiger partial charge in [0.1, 0.15) is 0 Å². The Labute approximate surface area is 92.9 Å². The maximum atomic E-state index is 11.9. The van der Waals surface area contributed by atoms with Crippen LogP contribution in [0.4, 0.5) is 0 Å². The highest BCUT2D eigenvalue weighted by Gasteiger charge is 2.32. The van der Waals surface area contributed by atoms with Crippen LogP contribution in [0.3, 0.4) is 0 Å². The van der Waals surface area contributed by atoms with Crippen LogP contribution < -0.4 is 10.0 Å². The SMILES string of the molecule is CC1CC(NS(=O)(=O)C(C)(C)C)CCN1. The molecule has 1 aliphatic heterocycles. The standard InChI is InChI=1S/C10H22N2O2S/c1-8-7-9(5-6-11-8)12-15(13,14)10(2,3)4/h8-9,11-12H,5-7H2,1-4H3. The lowest BCUT2D eigenvalue weighted by Crippen LogP contribution is -2.50. The zero-order valence-electron chi connectivity index (χ0n) is 10.0. The first kappa shape index (κ1) is 12.9. The lowest BCUT2D eigenvalue weighted by molar-refractivity contribution is 0.359. The molecule has 0 aromatic heterocycles. The molecule has 1 saturated heterocycles.